The number of benzene rings is 1. The molecule has 1 N–H and O–H groups in total. The number of aryl methyl sites for hydroxylation is 1. The van der Waals surface area contributed by atoms with Crippen molar-refractivity contribution in [2.75, 3.05) is 0 Å². The van der Waals surface area contributed by atoms with Crippen molar-refractivity contribution >= 4 is 0 Å². The molecule has 1 aromatic heterocycles. The molecule has 1 saturated carbocycles. The topological polar surface area (TPSA) is 42.7 Å². The largest absolute Gasteiger partial charge is 0.308 e. The maximum absolute atomic E-state index is 13.5. The lowest BCUT2D eigenvalue weighted by Gasteiger charge is -2.07. The number of halogens is 1. The van der Waals surface area contributed by atoms with Gasteiger partial charge in [-0.1, -0.05) is 11.3 Å². The van der Waals surface area contributed by atoms with Gasteiger partial charge in [0.05, 0.1) is 17.6 Å². The van der Waals surface area contributed by atoms with E-state index in [0.717, 1.165) is 5.69 Å². The Balaban J connectivity index is 1.85. The first-order valence-corrected chi connectivity index (χ1v) is 6.13. The summed E-state index contributed by atoms with van der Waals surface area (Å²) >= 11 is 0. The third-order valence-electron chi connectivity index (χ3n) is 3.17. The normalized spacial score (nSPS) is 15.0. The Labute approximate surface area is 105 Å². The van der Waals surface area contributed by atoms with Gasteiger partial charge in [0, 0.05) is 12.6 Å². The second-order valence-electron chi connectivity index (χ2n) is 4.73. The second-order valence-corrected chi connectivity index (χ2v) is 4.73. The van der Waals surface area contributed by atoms with Gasteiger partial charge < -0.3 is 5.32 Å². The van der Waals surface area contributed by atoms with Crippen molar-refractivity contribution in [3.05, 3.63) is 41.5 Å². The lowest BCUT2D eigenvalue weighted by Crippen LogP contribution is -2.18. The van der Waals surface area contributed by atoms with E-state index in [-0.39, 0.29) is 5.82 Å². The molecule has 0 unspecified atom stereocenters. The van der Waals surface area contributed by atoms with Crippen molar-refractivity contribution in [3.8, 4) is 5.69 Å². The van der Waals surface area contributed by atoms with Crippen LogP contribution in [-0.2, 0) is 6.54 Å². The second kappa shape index (κ2) is 4.49. The molecule has 94 valence electrons. The van der Waals surface area contributed by atoms with Crippen LogP contribution in [0.15, 0.2) is 24.4 Å². The molecule has 5 heteroatoms. The lowest BCUT2D eigenvalue weighted by molar-refractivity contribution is 0.611. The van der Waals surface area contributed by atoms with E-state index in [1.165, 1.54) is 18.9 Å². The van der Waals surface area contributed by atoms with Crippen LogP contribution in [0.2, 0.25) is 0 Å². The van der Waals surface area contributed by atoms with Crippen LogP contribution >= 0.6 is 0 Å². The van der Waals surface area contributed by atoms with Gasteiger partial charge in [-0.25, -0.2) is 9.07 Å². The smallest absolute Gasteiger partial charge is 0.128 e. The van der Waals surface area contributed by atoms with Crippen LogP contribution in [0.3, 0.4) is 0 Å². The molecule has 0 bridgehead atoms. The SMILES string of the molecule is Cc1ccc(-n2nncc2CNC2CC2)cc1F. The Hall–Kier alpha value is -1.75. The van der Waals surface area contributed by atoms with Gasteiger partial charge in [-0.15, -0.1) is 5.10 Å². The predicted molar refractivity (Wildman–Crippen MR) is 65.9 cm³/mol. The molecule has 4 nitrogen and oxygen atoms in total. The summed E-state index contributed by atoms with van der Waals surface area (Å²) in [5, 5.41) is 11.3. The number of nitrogens with one attached hydrogen (secondary N) is 1. The number of hydrogen-bond acceptors (Lipinski definition) is 3. The number of nitrogens with zero attached hydrogens (tertiary/aromatic N) is 3. The van der Waals surface area contributed by atoms with Crippen molar-refractivity contribution < 1.29 is 4.39 Å². The fourth-order valence-electron chi connectivity index (χ4n) is 1.84. The molecule has 0 amide bonds. The summed E-state index contributed by atoms with van der Waals surface area (Å²) in [5.41, 5.74) is 2.30. The van der Waals surface area contributed by atoms with Crippen LogP contribution in [0.4, 0.5) is 4.39 Å². The molecule has 2 aromatic rings. The fourth-order valence-corrected chi connectivity index (χ4v) is 1.84. The third-order valence-corrected chi connectivity index (χ3v) is 3.17. The molecule has 1 heterocycles. The highest BCUT2D eigenvalue weighted by molar-refractivity contribution is 5.35. The molecular weight excluding hydrogens is 231 g/mol. The zero-order valence-corrected chi connectivity index (χ0v) is 10.2. The molecule has 0 atom stereocenters. The number of aromatic nitrogens is 3. The van der Waals surface area contributed by atoms with Gasteiger partial charge in [-0.3, -0.25) is 0 Å². The first kappa shape index (κ1) is 11.3. The average Bonchev–Trinajstić information content (AvgIpc) is 3.08. The van der Waals surface area contributed by atoms with E-state index in [0.29, 0.717) is 23.8 Å². The summed E-state index contributed by atoms with van der Waals surface area (Å²) in [6.45, 7) is 2.46. The third kappa shape index (κ3) is 2.26. The molecule has 0 aliphatic heterocycles. The highest BCUT2D eigenvalue weighted by Gasteiger charge is 2.21. The first-order valence-electron chi connectivity index (χ1n) is 6.13. The molecule has 3 rings (SSSR count). The van der Waals surface area contributed by atoms with Crippen LogP contribution in [-0.4, -0.2) is 21.0 Å². The summed E-state index contributed by atoms with van der Waals surface area (Å²) in [6.07, 6.45) is 4.19. The fraction of sp³-hybridized carbons (Fsp3) is 0.385. The monoisotopic (exact) mass is 246 g/mol. The Kier molecular flexibility index (Phi) is 2.83. The molecule has 18 heavy (non-hydrogen) atoms. The summed E-state index contributed by atoms with van der Waals surface area (Å²) in [6, 6.07) is 5.73. The summed E-state index contributed by atoms with van der Waals surface area (Å²) < 4.78 is 15.2. The van der Waals surface area contributed by atoms with Crippen molar-refractivity contribution in [3.63, 3.8) is 0 Å². The first-order chi connectivity index (χ1) is 8.74. The zero-order valence-electron chi connectivity index (χ0n) is 10.2. The molecule has 0 radical (unpaired) electrons. The van der Waals surface area contributed by atoms with E-state index in [2.05, 4.69) is 15.6 Å². The summed E-state index contributed by atoms with van der Waals surface area (Å²) in [7, 11) is 0. The molecule has 1 aliphatic rings. The van der Waals surface area contributed by atoms with E-state index in [4.69, 9.17) is 0 Å². The highest BCUT2D eigenvalue weighted by atomic mass is 19.1. The maximum atomic E-state index is 13.5. The van der Waals surface area contributed by atoms with Gasteiger partial charge in [0.15, 0.2) is 0 Å². The standard InChI is InChI=1S/C13H15FN4/c1-9-2-5-11(6-13(9)14)18-12(8-16-17-18)7-15-10-3-4-10/h2,5-6,8,10,15H,3-4,7H2,1H3. The number of rotatable bonds is 4. The Morgan fingerprint density at radius 1 is 1.44 bits per heavy atom. The molecule has 0 saturated heterocycles. The van der Waals surface area contributed by atoms with E-state index in [1.54, 1.807) is 23.9 Å². The molecule has 1 aliphatic carbocycles. The van der Waals surface area contributed by atoms with Gasteiger partial charge in [0.2, 0.25) is 0 Å². The Morgan fingerprint density at radius 3 is 3.00 bits per heavy atom. The van der Waals surface area contributed by atoms with Gasteiger partial charge in [-0.2, -0.15) is 0 Å². The molecule has 1 aromatic carbocycles. The van der Waals surface area contributed by atoms with Crippen LogP contribution < -0.4 is 5.32 Å². The summed E-state index contributed by atoms with van der Waals surface area (Å²) in [4.78, 5) is 0. The van der Waals surface area contributed by atoms with Gasteiger partial charge in [0.25, 0.3) is 0 Å². The number of hydrogen-bond donors (Lipinski definition) is 1. The Bertz CT molecular complexity index is 560. The summed E-state index contributed by atoms with van der Waals surface area (Å²) in [5.74, 6) is -0.218. The van der Waals surface area contributed by atoms with Gasteiger partial charge in [-0.05, 0) is 37.5 Å². The van der Waals surface area contributed by atoms with Crippen LogP contribution in [0.5, 0.6) is 0 Å². The van der Waals surface area contributed by atoms with Crippen LogP contribution in [0.25, 0.3) is 5.69 Å². The molecular formula is C13H15FN4. The quantitative estimate of drug-likeness (QED) is 0.896. The van der Waals surface area contributed by atoms with E-state index < -0.39 is 0 Å². The Morgan fingerprint density at radius 2 is 2.28 bits per heavy atom. The van der Waals surface area contributed by atoms with Gasteiger partial charge in [0.1, 0.15) is 5.82 Å². The minimum atomic E-state index is -0.218. The predicted octanol–water partition coefficient (Wildman–Crippen LogP) is 1.97. The maximum Gasteiger partial charge on any atom is 0.128 e. The van der Waals surface area contributed by atoms with E-state index in [9.17, 15) is 4.39 Å². The van der Waals surface area contributed by atoms with E-state index in [1.807, 2.05) is 6.07 Å². The average molecular weight is 246 g/mol. The van der Waals surface area contributed by atoms with Crippen LogP contribution in [0, 0.1) is 12.7 Å². The van der Waals surface area contributed by atoms with Crippen molar-refractivity contribution in [1.82, 2.24) is 20.3 Å². The molecule has 0 spiro atoms. The minimum Gasteiger partial charge on any atom is -0.308 e. The van der Waals surface area contributed by atoms with E-state index >= 15 is 0 Å². The lowest BCUT2D eigenvalue weighted by atomic mass is 10.2. The highest BCUT2D eigenvalue weighted by Crippen LogP contribution is 2.20. The van der Waals surface area contributed by atoms with Crippen molar-refractivity contribution in [1.29, 1.82) is 0 Å². The zero-order chi connectivity index (χ0) is 12.5. The van der Waals surface area contributed by atoms with Crippen LogP contribution in [0.1, 0.15) is 24.1 Å². The van der Waals surface area contributed by atoms with Crippen molar-refractivity contribution in [2.45, 2.75) is 32.4 Å². The minimum absolute atomic E-state index is 0.218. The molecule has 1 fully saturated rings. The van der Waals surface area contributed by atoms with Gasteiger partial charge >= 0.3 is 0 Å². The van der Waals surface area contributed by atoms with Crippen molar-refractivity contribution in [2.24, 2.45) is 0 Å².